The topological polar surface area (TPSA) is 62.7 Å². The molecule has 162 valence electrons. The number of carbonyl (C=O) groups is 2. The van der Waals surface area contributed by atoms with Crippen LogP contribution in [0.5, 0.6) is 5.75 Å². The van der Waals surface area contributed by atoms with E-state index in [2.05, 4.69) is 22.9 Å². The first kappa shape index (κ1) is 22.4. The number of hydrogen-bond acceptors (Lipinski definition) is 4. The quantitative estimate of drug-likeness (QED) is 0.676. The van der Waals surface area contributed by atoms with Gasteiger partial charge in [-0.25, -0.2) is 0 Å². The average Bonchev–Trinajstić information content (AvgIpc) is 2.82. The van der Waals surface area contributed by atoms with E-state index in [0.29, 0.717) is 25.1 Å². The molecule has 2 aromatic rings. The van der Waals surface area contributed by atoms with Gasteiger partial charge in [0.05, 0.1) is 12.7 Å². The lowest BCUT2D eigenvalue weighted by atomic mass is 9.84. The van der Waals surface area contributed by atoms with E-state index in [4.69, 9.17) is 4.74 Å². The van der Waals surface area contributed by atoms with Gasteiger partial charge in [-0.1, -0.05) is 18.1 Å². The van der Waals surface area contributed by atoms with Crippen molar-refractivity contribution in [2.75, 3.05) is 27.2 Å². The summed E-state index contributed by atoms with van der Waals surface area (Å²) in [5, 5.41) is 0. The van der Waals surface area contributed by atoms with Gasteiger partial charge in [-0.05, 0) is 67.9 Å². The third kappa shape index (κ3) is 5.64. The molecule has 1 atom stereocenters. The molecule has 1 saturated heterocycles. The van der Waals surface area contributed by atoms with Crippen LogP contribution in [-0.4, -0.2) is 59.9 Å². The number of likely N-dealkylation sites (N-methyl/N-ethyl adjacent to an activating group) is 1. The number of rotatable bonds is 6. The first-order chi connectivity index (χ1) is 15.0. The second kappa shape index (κ2) is 10.6. The summed E-state index contributed by atoms with van der Waals surface area (Å²) >= 11 is 0. The maximum absolute atomic E-state index is 13.2. The van der Waals surface area contributed by atoms with Crippen molar-refractivity contribution in [3.8, 4) is 17.6 Å². The van der Waals surface area contributed by atoms with Gasteiger partial charge in [-0.3, -0.25) is 14.6 Å². The molecule has 6 heteroatoms. The minimum absolute atomic E-state index is 0.00526. The van der Waals surface area contributed by atoms with Crippen molar-refractivity contribution in [2.45, 2.75) is 32.2 Å². The highest BCUT2D eigenvalue weighted by atomic mass is 16.5. The predicted molar refractivity (Wildman–Crippen MR) is 120 cm³/mol. The van der Waals surface area contributed by atoms with Gasteiger partial charge in [0.1, 0.15) is 5.75 Å². The van der Waals surface area contributed by atoms with Crippen LogP contribution in [0.1, 0.15) is 35.7 Å². The number of nitrogens with zero attached hydrogens (tertiary/aromatic N) is 3. The van der Waals surface area contributed by atoms with Crippen LogP contribution in [0.3, 0.4) is 0 Å². The molecular weight excluding hydrogens is 390 g/mol. The summed E-state index contributed by atoms with van der Waals surface area (Å²) in [6.45, 7) is 2.98. The first-order valence-electron chi connectivity index (χ1n) is 10.5. The Morgan fingerprint density at radius 1 is 1.26 bits per heavy atom. The van der Waals surface area contributed by atoms with E-state index >= 15 is 0 Å². The van der Waals surface area contributed by atoms with Crippen molar-refractivity contribution in [2.24, 2.45) is 5.92 Å². The monoisotopic (exact) mass is 419 g/mol. The molecule has 2 heterocycles. The Balaban J connectivity index is 1.81. The number of ether oxygens (including phenoxy) is 1. The molecule has 3 rings (SSSR count). The Morgan fingerprint density at radius 2 is 2.03 bits per heavy atom. The SMILES string of the molecule is CC#CC(=O)N1CCC([C@H](Cc2cccc(OC)c2)N(C)C(=O)c2cccnc2)CC1. The normalized spacial score (nSPS) is 14.9. The molecule has 0 saturated carbocycles. The van der Waals surface area contributed by atoms with Crippen molar-refractivity contribution >= 4 is 11.8 Å². The summed E-state index contributed by atoms with van der Waals surface area (Å²) < 4.78 is 5.38. The summed E-state index contributed by atoms with van der Waals surface area (Å²) in [7, 11) is 3.51. The lowest BCUT2D eigenvalue weighted by molar-refractivity contribution is -0.126. The van der Waals surface area contributed by atoms with E-state index < -0.39 is 0 Å². The van der Waals surface area contributed by atoms with Crippen LogP contribution >= 0.6 is 0 Å². The van der Waals surface area contributed by atoms with E-state index in [0.717, 1.165) is 24.2 Å². The Bertz CT molecular complexity index is 957. The largest absolute Gasteiger partial charge is 0.497 e. The molecule has 1 fully saturated rings. The van der Waals surface area contributed by atoms with Crippen LogP contribution in [0.2, 0.25) is 0 Å². The highest BCUT2D eigenvalue weighted by molar-refractivity contribution is 5.94. The van der Waals surface area contributed by atoms with Gasteiger partial charge in [0, 0.05) is 38.6 Å². The molecular formula is C25H29N3O3. The van der Waals surface area contributed by atoms with Crippen LogP contribution in [0.4, 0.5) is 0 Å². The van der Waals surface area contributed by atoms with Gasteiger partial charge in [0.2, 0.25) is 0 Å². The second-order valence-corrected chi connectivity index (χ2v) is 7.79. The molecule has 1 aromatic heterocycles. The molecule has 2 amide bonds. The molecule has 0 N–H and O–H groups in total. The van der Waals surface area contributed by atoms with Gasteiger partial charge in [-0.15, -0.1) is 0 Å². The van der Waals surface area contributed by atoms with Crippen molar-refractivity contribution in [1.29, 1.82) is 0 Å². The van der Waals surface area contributed by atoms with Crippen molar-refractivity contribution in [1.82, 2.24) is 14.8 Å². The van der Waals surface area contributed by atoms with Crippen LogP contribution in [0.15, 0.2) is 48.8 Å². The smallest absolute Gasteiger partial charge is 0.298 e. The second-order valence-electron chi connectivity index (χ2n) is 7.79. The van der Waals surface area contributed by atoms with E-state index in [1.807, 2.05) is 30.1 Å². The summed E-state index contributed by atoms with van der Waals surface area (Å²) in [4.78, 5) is 33.0. The van der Waals surface area contributed by atoms with E-state index in [1.165, 1.54) is 0 Å². The lowest BCUT2D eigenvalue weighted by Crippen LogP contribution is -2.48. The minimum Gasteiger partial charge on any atom is -0.497 e. The number of pyridine rings is 1. The minimum atomic E-state index is -0.120. The van der Waals surface area contributed by atoms with E-state index in [-0.39, 0.29) is 23.8 Å². The number of piperidine rings is 1. The highest BCUT2D eigenvalue weighted by Gasteiger charge is 2.33. The molecule has 0 aliphatic carbocycles. The fraction of sp³-hybridized carbons (Fsp3) is 0.400. The van der Waals surface area contributed by atoms with E-state index in [9.17, 15) is 9.59 Å². The summed E-state index contributed by atoms with van der Waals surface area (Å²) in [6.07, 6.45) is 5.64. The molecule has 1 aliphatic heterocycles. The lowest BCUT2D eigenvalue weighted by Gasteiger charge is -2.39. The summed E-state index contributed by atoms with van der Waals surface area (Å²) in [6, 6.07) is 11.5. The Morgan fingerprint density at radius 3 is 2.68 bits per heavy atom. The van der Waals surface area contributed by atoms with Gasteiger partial charge < -0.3 is 14.5 Å². The number of methoxy groups -OCH3 is 1. The van der Waals surface area contributed by atoms with Crippen LogP contribution in [0.25, 0.3) is 0 Å². The Labute approximate surface area is 184 Å². The number of likely N-dealkylation sites (tertiary alicyclic amines) is 1. The number of benzene rings is 1. The van der Waals surface area contributed by atoms with Crippen LogP contribution in [0, 0.1) is 17.8 Å². The van der Waals surface area contributed by atoms with Crippen molar-refractivity contribution in [3.63, 3.8) is 0 Å². The standard InChI is InChI=1S/C25H29N3O3/c1-4-7-24(29)28-14-11-20(12-15-28)23(17-19-8-5-10-22(16-19)31-3)27(2)25(30)21-9-6-13-26-18-21/h5-6,8-10,13,16,18,20,23H,11-12,14-15,17H2,1-3H3/t23-/m0/s1. The number of hydrogen-bond donors (Lipinski definition) is 0. The third-order valence-corrected chi connectivity index (χ3v) is 5.91. The zero-order valence-corrected chi connectivity index (χ0v) is 18.4. The maximum atomic E-state index is 13.2. The number of carbonyl (C=O) groups excluding carboxylic acids is 2. The van der Waals surface area contributed by atoms with Gasteiger partial charge >= 0.3 is 0 Å². The average molecular weight is 420 g/mol. The zero-order chi connectivity index (χ0) is 22.2. The van der Waals surface area contributed by atoms with E-state index in [1.54, 1.807) is 43.5 Å². The number of amides is 2. The molecule has 0 radical (unpaired) electrons. The zero-order valence-electron chi connectivity index (χ0n) is 18.4. The molecule has 0 spiro atoms. The number of aromatic nitrogens is 1. The van der Waals surface area contributed by atoms with Gasteiger partial charge in [-0.2, -0.15) is 0 Å². The molecule has 6 nitrogen and oxygen atoms in total. The first-order valence-corrected chi connectivity index (χ1v) is 10.5. The molecule has 0 bridgehead atoms. The molecule has 1 aromatic carbocycles. The molecule has 0 unspecified atom stereocenters. The van der Waals surface area contributed by atoms with Crippen LogP contribution < -0.4 is 4.74 Å². The fourth-order valence-electron chi connectivity index (χ4n) is 4.18. The fourth-order valence-corrected chi connectivity index (χ4v) is 4.18. The maximum Gasteiger partial charge on any atom is 0.298 e. The highest BCUT2D eigenvalue weighted by Crippen LogP contribution is 2.28. The summed E-state index contributed by atoms with van der Waals surface area (Å²) in [5.74, 6) is 6.22. The molecule has 1 aliphatic rings. The third-order valence-electron chi connectivity index (χ3n) is 5.91. The van der Waals surface area contributed by atoms with Crippen molar-refractivity contribution in [3.05, 3.63) is 59.9 Å². The predicted octanol–water partition coefficient (Wildman–Crippen LogP) is 3.04. The Kier molecular flexibility index (Phi) is 7.66. The molecule has 31 heavy (non-hydrogen) atoms. The van der Waals surface area contributed by atoms with Crippen molar-refractivity contribution < 1.29 is 14.3 Å². The Hall–Kier alpha value is -3.33. The van der Waals surface area contributed by atoms with Gasteiger partial charge in [0.25, 0.3) is 11.8 Å². The summed E-state index contributed by atoms with van der Waals surface area (Å²) in [5.41, 5.74) is 1.69. The van der Waals surface area contributed by atoms with Gasteiger partial charge in [0.15, 0.2) is 0 Å². The van der Waals surface area contributed by atoms with Crippen LogP contribution in [-0.2, 0) is 11.2 Å².